The van der Waals surface area contributed by atoms with E-state index in [0.29, 0.717) is 4.75 Å². The maximum atomic E-state index is 10.9. The van der Waals surface area contributed by atoms with Crippen molar-refractivity contribution in [2.24, 2.45) is 5.92 Å². The molecular formula is C17H30OS. The first-order valence-corrected chi connectivity index (χ1v) is 8.40. The van der Waals surface area contributed by atoms with E-state index in [1.165, 1.54) is 19.3 Å². The van der Waals surface area contributed by atoms with Gasteiger partial charge in [-0.3, -0.25) is 4.79 Å². The molecule has 0 fully saturated rings. The molecule has 0 aromatic carbocycles. The maximum absolute atomic E-state index is 10.9. The van der Waals surface area contributed by atoms with Gasteiger partial charge in [-0.05, 0) is 50.5 Å². The SMILES string of the molecule is CSC(C)(C)CCCC(C)CC=CC(C)=CC(C)=O. The van der Waals surface area contributed by atoms with Gasteiger partial charge >= 0.3 is 0 Å². The molecule has 0 aliphatic carbocycles. The van der Waals surface area contributed by atoms with Gasteiger partial charge in [0.2, 0.25) is 0 Å². The fourth-order valence-electron chi connectivity index (χ4n) is 1.95. The number of carbonyl (C=O) groups excluding carboxylic acids is 1. The molecule has 1 unspecified atom stereocenters. The van der Waals surface area contributed by atoms with Gasteiger partial charge in [0.1, 0.15) is 0 Å². The molecule has 0 radical (unpaired) electrons. The summed E-state index contributed by atoms with van der Waals surface area (Å²) >= 11 is 1.95. The van der Waals surface area contributed by atoms with Crippen LogP contribution in [0.2, 0.25) is 0 Å². The number of ketones is 1. The van der Waals surface area contributed by atoms with Gasteiger partial charge in [0.05, 0.1) is 0 Å². The van der Waals surface area contributed by atoms with E-state index in [1.807, 2.05) is 18.7 Å². The Morgan fingerprint density at radius 1 is 1.32 bits per heavy atom. The second kappa shape index (κ2) is 9.41. The van der Waals surface area contributed by atoms with Crippen molar-refractivity contribution in [3.05, 3.63) is 23.8 Å². The lowest BCUT2D eigenvalue weighted by Crippen LogP contribution is -2.13. The van der Waals surface area contributed by atoms with Crippen LogP contribution in [-0.2, 0) is 4.79 Å². The second-order valence-corrected chi connectivity index (χ2v) is 7.61. The fraction of sp³-hybridized carbons (Fsp3) is 0.706. The molecular weight excluding hydrogens is 252 g/mol. The summed E-state index contributed by atoms with van der Waals surface area (Å²) < 4.78 is 0.413. The average molecular weight is 282 g/mol. The molecule has 0 saturated carbocycles. The van der Waals surface area contributed by atoms with Crippen LogP contribution in [0.15, 0.2) is 23.8 Å². The first kappa shape index (κ1) is 18.5. The first-order chi connectivity index (χ1) is 8.76. The van der Waals surface area contributed by atoms with E-state index in [2.05, 4.69) is 39.2 Å². The van der Waals surface area contributed by atoms with Crippen LogP contribution in [0.1, 0.15) is 60.3 Å². The van der Waals surface area contributed by atoms with Crippen LogP contribution < -0.4 is 0 Å². The second-order valence-electron chi connectivity index (χ2n) is 6.10. The summed E-state index contributed by atoms with van der Waals surface area (Å²) in [5.41, 5.74) is 1.04. The molecule has 0 spiro atoms. The zero-order chi connectivity index (χ0) is 14.9. The summed E-state index contributed by atoms with van der Waals surface area (Å²) in [5, 5.41) is 0. The smallest absolute Gasteiger partial charge is 0.152 e. The van der Waals surface area contributed by atoms with E-state index in [9.17, 15) is 4.79 Å². The predicted molar refractivity (Wildman–Crippen MR) is 88.8 cm³/mol. The van der Waals surface area contributed by atoms with Crippen molar-refractivity contribution in [3.63, 3.8) is 0 Å². The third-order valence-corrected chi connectivity index (χ3v) is 4.69. The molecule has 0 aliphatic heterocycles. The zero-order valence-electron chi connectivity index (χ0n) is 13.5. The van der Waals surface area contributed by atoms with Crippen LogP contribution in [0.3, 0.4) is 0 Å². The number of thioether (sulfide) groups is 1. The maximum Gasteiger partial charge on any atom is 0.152 e. The van der Waals surface area contributed by atoms with Crippen molar-refractivity contribution in [1.29, 1.82) is 0 Å². The highest BCUT2D eigenvalue weighted by Crippen LogP contribution is 2.28. The number of rotatable bonds is 9. The topological polar surface area (TPSA) is 17.1 Å². The molecule has 0 N–H and O–H groups in total. The molecule has 0 saturated heterocycles. The van der Waals surface area contributed by atoms with E-state index >= 15 is 0 Å². The van der Waals surface area contributed by atoms with Crippen LogP contribution in [0, 0.1) is 5.92 Å². The minimum absolute atomic E-state index is 0.120. The fourth-order valence-corrected chi connectivity index (χ4v) is 2.30. The van der Waals surface area contributed by atoms with Crippen LogP contribution in [-0.4, -0.2) is 16.8 Å². The third kappa shape index (κ3) is 11.1. The van der Waals surface area contributed by atoms with Gasteiger partial charge < -0.3 is 0 Å². The molecule has 1 atom stereocenters. The number of hydrogen-bond acceptors (Lipinski definition) is 2. The highest BCUT2D eigenvalue weighted by Gasteiger charge is 2.15. The van der Waals surface area contributed by atoms with Gasteiger partial charge in [-0.15, -0.1) is 0 Å². The molecule has 0 aromatic rings. The van der Waals surface area contributed by atoms with E-state index in [0.717, 1.165) is 17.9 Å². The summed E-state index contributed by atoms with van der Waals surface area (Å²) in [6.45, 7) is 10.5. The van der Waals surface area contributed by atoms with Crippen LogP contribution in [0.25, 0.3) is 0 Å². The Kier molecular flexibility index (Phi) is 9.16. The molecule has 0 bridgehead atoms. The summed E-state index contributed by atoms with van der Waals surface area (Å²) in [6.07, 6.45) is 13.1. The van der Waals surface area contributed by atoms with Gasteiger partial charge in [-0.25, -0.2) is 0 Å². The van der Waals surface area contributed by atoms with Crippen LogP contribution in [0.4, 0.5) is 0 Å². The van der Waals surface area contributed by atoms with Crippen molar-refractivity contribution in [2.75, 3.05) is 6.26 Å². The van der Waals surface area contributed by atoms with Gasteiger partial charge in [-0.1, -0.05) is 45.8 Å². The molecule has 0 amide bonds. The van der Waals surface area contributed by atoms with Crippen molar-refractivity contribution < 1.29 is 4.79 Å². The van der Waals surface area contributed by atoms with Crippen molar-refractivity contribution in [1.82, 2.24) is 0 Å². The molecule has 0 aromatic heterocycles. The number of allylic oxidation sites excluding steroid dienone is 4. The van der Waals surface area contributed by atoms with Crippen molar-refractivity contribution in [2.45, 2.75) is 65.0 Å². The summed E-state index contributed by atoms with van der Waals surface area (Å²) in [6, 6.07) is 0. The number of hydrogen-bond donors (Lipinski definition) is 0. The standard InChI is InChI=1S/C17H30OS/c1-14(11-8-12-17(4,5)19-6)9-7-10-15(2)13-16(3)18/h7,10,13-14H,8-9,11-12H2,1-6H3. The number of carbonyl (C=O) groups is 1. The van der Waals surface area contributed by atoms with E-state index < -0.39 is 0 Å². The van der Waals surface area contributed by atoms with Gasteiger partial charge in [0.15, 0.2) is 5.78 Å². The molecule has 19 heavy (non-hydrogen) atoms. The van der Waals surface area contributed by atoms with Gasteiger partial charge in [0.25, 0.3) is 0 Å². The summed E-state index contributed by atoms with van der Waals surface area (Å²) in [4.78, 5) is 10.9. The molecule has 0 rings (SSSR count). The molecule has 0 heterocycles. The molecule has 2 heteroatoms. The van der Waals surface area contributed by atoms with Crippen LogP contribution >= 0.6 is 11.8 Å². The Balaban J connectivity index is 3.91. The normalized spacial score (nSPS) is 14.9. The average Bonchev–Trinajstić information content (AvgIpc) is 2.27. The summed E-state index contributed by atoms with van der Waals surface area (Å²) in [7, 11) is 0. The molecule has 0 aliphatic rings. The highest BCUT2D eigenvalue weighted by atomic mass is 32.2. The highest BCUT2D eigenvalue weighted by molar-refractivity contribution is 7.99. The van der Waals surface area contributed by atoms with E-state index in [4.69, 9.17) is 0 Å². The lowest BCUT2D eigenvalue weighted by molar-refractivity contribution is -0.112. The van der Waals surface area contributed by atoms with E-state index in [1.54, 1.807) is 13.0 Å². The zero-order valence-corrected chi connectivity index (χ0v) is 14.3. The summed E-state index contributed by atoms with van der Waals surface area (Å²) in [5.74, 6) is 0.841. The Hall–Kier alpha value is -0.500. The molecule has 110 valence electrons. The Morgan fingerprint density at radius 3 is 2.47 bits per heavy atom. The first-order valence-electron chi connectivity index (χ1n) is 7.17. The minimum atomic E-state index is 0.120. The lowest BCUT2D eigenvalue weighted by atomic mass is 9.96. The minimum Gasteiger partial charge on any atom is -0.295 e. The Bertz CT molecular complexity index is 326. The van der Waals surface area contributed by atoms with Gasteiger partial charge in [0, 0.05) is 4.75 Å². The molecule has 1 nitrogen and oxygen atoms in total. The quantitative estimate of drug-likeness (QED) is 0.415. The van der Waals surface area contributed by atoms with E-state index in [-0.39, 0.29) is 5.78 Å². The van der Waals surface area contributed by atoms with Crippen LogP contribution in [0.5, 0.6) is 0 Å². The Morgan fingerprint density at radius 2 is 1.95 bits per heavy atom. The van der Waals surface area contributed by atoms with Crippen molar-refractivity contribution >= 4 is 17.5 Å². The third-order valence-electron chi connectivity index (χ3n) is 3.38. The largest absolute Gasteiger partial charge is 0.295 e. The monoisotopic (exact) mass is 282 g/mol. The van der Waals surface area contributed by atoms with Gasteiger partial charge in [-0.2, -0.15) is 11.8 Å². The lowest BCUT2D eigenvalue weighted by Gasteiger charge is -2.22. The van der Waals surface area contributed by atoms with Crippen molar-refractivity contribution in [3.8, 4) is 0 Å². The Labute approximate surface area is 123 Å². The predicted octanol–water partition coefficient (Wildman–Crippen LogP) is 5.42.